The number of nitrogens with one attached hydrogen (secondary N) is 2. The molecule has 1 fully saturated rings. The lowest BCUT2D eigenvalue weighted by molar-refractivity contribution is -0.143. The number of rotatable bonds is 7. The lowest BCUT2D eigenvalue weighted by Gasteiger charge is -2.14. The summed E-state index contributed by atoms with van der Waals surface area (Å²) in [6, 6.07) is -0.275. The first-order chi connectivity index (χ1) is 7.69. The maximum Gasteiger partial charge on any atom is 0.322 e. The van der Waals surface area contributed by atoms with Crippen LogP contribution in [0.4, 0.5) is 0 Å². The molecule has 0 bridgehead atoms. The van der Waals surface area contributed by atoms with Gasteiger partial charge in [0.1, 0.15) is 6.04 Å². The van der Waals surface area contributed by atoms with E-state index >= 15 is 0 Å². The first-order valence-corrected chi connectivity index (χ1v) is 5.78. The van der Waals surface area contributed by atoms with Crippen molar-refractivity contribution >= 4 is 11.9 Å². The summed E-state index contributed by atoms with van der Waals surface area (Å²) in [7, 11) is 1.38. The fourth-order valence-electron chi connectivity index (χ4n) is 1.46. The third kappa shape index (κ3) is 4.18. The molecule has 0 aromatic heterocycles. The molecule has 1 amide bonds. The van der Waals surface area contributed by atoms with Gasteiger partial charge in [0.05, 0.1) is 7.11 Å². The van der Waals surface area contributed by atoms with Crippen molar-refractivity contribution in [1.29, 1.82) is 0 Å². The number of carbonyl (C=O) groups is 2. The van der Waals surface area contributed by atoms with Crippen molar-refractivity contribution in [3.63, 3.8) is 0 Å². The van der Waals surface area contributed by atoms with Gasteiger partial charge in [-0.15, -0.1) is 0 Å². The van der Waals surface area contributed by atoms with Crippen LogP contribution in [0.5, 0.6) is 0 Å². The fourth-order valence-corrected chi connectivity index (χ4v) is 1.46. The summed E-state index contributed by atoms with van der Waals surface area (Å²) >= 11 is 0. The Balaban J connectivity index is 2.08. The summed E-state index contributed by atoms with van der Waals surface area (Å²) in [5, 5.41) is 5.87. The van der Waals surface area contributed by atoms with Crippen LogP contribution >= 0.6 is 0 Å². The lowest BCUT2D eigenvalue weighted by atomic mass is 10.2. The normalized spacial score (nSPS) is 16.6. The highest BCUT2D eigenvalue weighted by molar-refractivity contribution is 5.80. The smallest absolute Gasteiger partial charge is 0.322 e. The van der Waals surface area contributed by atoms with E-state index in [2.05, 4.69) is 15.4 Å². The van der Waals surface area contributed by atoms with Gasteiger partial charge in [0.2, 0.25) is 5.91 Å². The SMILES string of the molecule is CCC(NCCNC(=O)C1CC1)C(=O)OC. The van der Waals surface area contributed by atoms with Gasteiger partial charge in [-0.25, -0.2) is 0 Å². The van der Waals surface area contributed by atoms with Gasteiger partial charge < -0.3 is 15.4 Å². The largest absolute Gasteiger partial charge is 0.468 e. The molecule has 5 heteroatoms. The molecule has 1 aliphatic carbocycles. The van der Waals surface area contributed by atoms with E-state index in [-0.39, 0.29) is 23.8 Å². The summed E-state index contributed by atoms with van der Waals surface area (Å²) in [5.41, 5.74) is 0. The molecule has 1 atom stereocenters. The Labute approximate surface area is 95.9 Å². The van der Waals surface area contributed by atoms with Crippen LogP contribution in [0.25, 0.3) is 0 Å². The number of ether oxygens (including phenoxy) is 1. The second-order valence-electron chi connectivity index (χ2n) is 4.00. The molecule has 5 nitrogen and oxygen atoms in total. The zero-order valence-corrected chi connectivity index (χ0v) is 9.91. The van der Waals surface area contributed by atoms with Gasteiger partial charge in [-0.1, -0.05) is 6.92 Å². The fraction of sp³-hybridized carbons (Fsp3) is 0.818. The summed E-state index contributed by atoms with van der Waals surface area (Å²) < 4.78 is 4.64. The minimum absolute atomic E-state index is 0.132. The molecule has 2 N–H and O–H groups in total. The van der Waals surface area contributed by atoms with Crippen molar-refractivity contribution in [3.05, 3.63) is 0 Å². The predicted octanol–water partition coefficient (Wildman–Crippen LogP) is 0.0538. The molecule has 16 heavy (non-hydrogen) atoms. The third-order valence-electron chi connectivity index (χ3n) is 2.66. The standard InChI is InChI=1S/C11H20N2O3/c1-3-9(11(15)16-2)12-6-7-13-10(14)8-4-5-8/h8-9,12H,3-7H2,1-2H3,(H,13,14). The second kappa shape index (κ2) is 6.48. The molecule has 0 radical (unpaired) electrons. The van der Waals surface area contributed by atoms with E-state index in [1.807, 2.05) is 6.92 Å². The summed E-state index contributed by atoms with van der Waals surface area (Å²) in [4.78, 5) is 22.5. The number of carbonyl (C=O) groups excluding carboxylic acids is 2. The molecule has 1 rings (SSSR count). The Kier molecular flexibility index (Phi) is 5.25. The molecule has 0 spiro atoms. The zero-order chi connectivity index (χ0) is 12.0. The second-order valence-corrected chi connectivity index (χ2v) is 4.00. The number of amides is 1. The van der Waals surface area contributed by atoms with Crippen molar-refractivity contribution in [2.24, 2.45) is 5.92 Å². The van der Waals surface area contributed by atoms with E-state index in [1.165, 1.54) is 7.11 Å². The average molecular weight is 228 g/mol. The maximum absolute atomic E-state index is 11.3. The van der Waals surface area contributed by atoms with E-state index in [0.717, 1.165) is 12.8 Å². The van der Waals surface area contributed by atoms with E-state index in [4.69, 9.17) is 0 Å². The predicted molar refractivity (Wildman–Crippen MR) is 59.8 cm³/mol. The number of methoxy groups -OCH3 is 1. The van der Waals surface area contributed by atoms with Crippen LogP contribution in [0.1, 0.15) is 26.2 Å². The molecule has 1 unspecified atom stereocenters. The Morgan fingerprint density at radius 3 is 2.56 bits per heavy atom. The van der Waals surface area contributed by atoms with E-state index in [1.54, 1.807) is 0 Å². The van der Waals surface area contributed by atoms with Gasteiger partial charge in [0, 0.05) is 19.0 Å². The number of hydrogen-bond acceptors (Lipinski definition) is 4. The van der Waals surface area contributed by atoms with Crippen LogP contribution in [-0.2, 0) is 14.3 Å². The maximum atomic E-state index is 11.3. The molecule has 1 aliphatic rings. The van der Waals surface area contributed by atoms with Crippen LogP contribution < -0.4 is 10.6 Å². The van der Waals surface area contributed by atoms with Crippen molar-refractivity contribution in [2.75, 3.05) is 20.2 Å². The van der Waals surface area contributed by atoms with Gasteiger partial charge in [-0.05, 0) is 19.3 Å². The highest BCUT2D eigenvalue weighted by atomic mass is 16.5. The molecule has 0 saturated heterocycles. The van der Waals surface area contributed by atoms with Crippen LogP contribution in [-0.4, -0.2) is 38.1 Å². The minimum atomic E-state index is -0.275. The van der Waals surface area contributed by atoms with Crippen LogP contribution in [0, 0.1) is 5.92 Å². The van der Waals surface area contributed by atoms with Gasteiger partial charge in [0.15, 0.2) is 0 Å². The minimum Gasteiger partial charge on any atom is -0.468 e. The van der Waals surface area contributed by atoms with Gasteiger partial charge in [-0.2, -0.15) is 0 Å². The third-order valence-corrected chi connectivity index (χ3v) is 2.66. The van der Waals surface area contributed by atoms with Crippen molar-refractivity contribution in [2.45, 2.75) is 32.2 Å². The van der Waals surface area contributed by atoms with Gasteiger partial charge >= 0.3 is 5.97 Å². The van der Waals surface area contributed by atoms with E-state index in [0.29, 0.717) is 19.5 Å². The molecule has 1 saturated carbocycles. The Bertz CT molecular complexity index is 252. The van der Waals surface area contributed by atoms with Crippen molar-refractivity contribution < 1.29 is 14.3 Å². The van der Waals surface area contributed by atoms with E-state index in [9.17, 15) is 9.59 Å². The monoisotopic (exact) mass is 228 g/mol. The molecular weight excluding hydrogens is 208 g/mol. The highest BCUT2D eigenvalue weighted by Gasteiger charge is 2.29. The topological polar surface area (TPSA) is 67.4 Å². The summed E-state index contributed by atoms with van der Waals surface area (Å²) in [6.45, 7) is 3.06. The van der Waals surface area contributed by atoms with Crippen LogP contribution in [0.15, 0.2) is 0 Å². The molecular formula is C11H20N2O3. The Morgan fingerprint density at radius 1 is 1.38 bits per heavy atom. The highest BCUT2D eigenvalue weighted by Crippen LogP contribution is 2.28. The number of hydrogen-bond donors (Lipinski definition) is 2. The van der Waals surface area contributed by atoms with Crippen LogP contribution in [0.2, 0.25) is 0 Å². The Hall–Kier alpha value is -1.10. The quantitative estimate of drug-likeness (QED) is 0.477. The molecule has 0 heterocycles. The van der Waals surface area contributed by atoms with Crippen LogP contribution in [0.3, 0.4) is 0 Å². The summed E-state index contributed by atoms with van der Waals surface area (Å²) in [5.74, 6) is 0.117. The van der Waals surface area contributed by atoms with Crippen molar-refractivity contribution in [3.8, 4) is 0 Å². The molecule has 0 aromatic carbocycles. The lowest BCUT2D eigenvalue weighted by Crippen LogP contribution is -2.41. The Morgan fingerprint density at radius 2 is 2.06 bits per heavy atom. The van der Waals surface area contributed by atoms with Gasteiger partial charge in [-0.3, -0.25) is 9.59 Å². The summed E-state index contributed by atoms with van der Waals surface area (Å²) in [6.07, 6.45) is 2.71. The number of esters is 1. The first kappa shape index (κ1) is 13.0. The van der Waals surface area contributed by atoms with Crippen molar-refractivity contribution in [1.82, 2.24) is 10.6 Å². The average Bonchev–Trinajstić information content (AvgIpc) is 3.12. The first-order valence-electron chi connectivity index (χ1n) is 5.78. The molecule has 0 aliphatic heterocycles. The van der Waals surface area contributed by atoms with Gasteiger partial charge in [0.25, 0.3) is 0 Å². The van der Waals surface area contributed by atoms with E-state index < -0.39 is 0 Å². The molecule has 0 aromatic rings. The zero-order valence-electron chi connectivity index (χ0n) is 9.91. The molecule has 92 valence electrons.